The number of nitrogens with one attached hydrogen (secondary N) is 1. The molecule has 0 saturated heterocycles. The van der Waals surface area contributed by atoms with Crippen LogP contribution in [0.4, 0.5) is 0 Å². The predicted octanol–water partition coefficient (Wildman–Crippen LogP) is 3.10. The summed E-state index contributed by atoms with van der Waals surface area (Å²) in [5.41, 5.74) is 1.16. The molecule has 2 N–H and O–H groups in total. The lowest BCUT2D eigenvalue weighted by atomic mass is 10.0. The van der Waals surface area contributed by atoms with Gasteiger partial charge in [0, 0.05) is 12.1 Å². The van der Waals surface area contributed by atoms with E-state index in [1.54, 1.807) is 0 Å². The molecule has 0 amide bonds. The van der Waals surface area contributed by atoms with E-state index in [9.17, 15) is 5.11 Å². The summed E-state index contributed by atoms with van der Waals surface area (Å²) in [6.45, 7) is 6.07. The summed E-state index contributed by atoms with van der Waals surface area (Å²) in [6.07, 6.45) is 0.296. The third-order valence-corrected chi connectivity index (χ3v) is 3.45. The van der Waals surface area contributed by atoms with Gasteiger partial charge in [-0.25, -0.2) is 0 Å². The van der Waals surface area contributed by atoms with Gasteiger partial charge in [-0.05, 0) is 29.8 Å². The smallest absolute Gasteiger partial charge is 0.124 e. The first kappa shape index (κ1) is 14.8. The molecule has 1 atom stereocenters. The maximum absolute atomic E-state index is 9.66. The minimum absolute atomic E-state index is 0.341. The molecule has 0 saturated carbocycles. The fourth-order valence-corrected chi connectivity index (χ4v) is 2.19. The van der Waals surface area contributed by atoms with Crippen molar-refractivity contribution < 1.29 is 9.84 Å². The van der Waals surface area contributed by atoms with Crippen LogP contribution in [-0.2, 0) is 6.54 Å². The van der Waals surface area contributed by atoms with Gasteiger partial charge in [-0.3, -0.25) is 0 Å². The first-order chi connectivity index (χ1) is 9.76. The Morgan fingerprint density at radius 3 is 2.70 bits per heavy atom. The third-order valence-electron chi connectivity index (χ3n) is 3.45. The van der Waals surface area contributed by atoms with E-state index < -0.39 is 6.10 Å². The van der Waals surface area contributed by atoms with Crippen LogP contribution in [0.15, 0.2) is 36.4 Å². The highest BCUT2D eigenvalue weighted by Gasteiger charge is 2.10. The Balaban J connectivity index is 2.31. The highest BCUT2D eigenvalue weighted by Crippen LogP contribution is 2.28. The predicted molar refractivity (Wildman–Crippen MR) is 83.1 cm³/mol. The molecule has 3 heteroatoms. The number of aliphatic hydroxyl groups excluding tert-OH is 1. The van der Waals surface area contributed by atoms with Crippen LogP contribution in [0, 0.1) is 0 Å². The van der Waals surface area contributed by atoms with Crippen molar-refractivity contribution in [1.82, 2.24) is 5.32 Å². The molecule has 1 unspecified atom stereocenters. The first-order valence-electron chi connectivity index (χ1n) is 7.28. The highest BCUT2D eigenvalue weighted by atomic mass is 16.5. The molecule has 2 aromatic carbocycles. The summed E-state index contributed by atoms with van der Waals surface area (Å²) in [6, 6.07) is 12.4. The normalized spacial score (nSPS) is 12.6. The molecule has 0 aliphatic heterocycles. The van der Waals surface area contributed by atoms with Crippen molar-refractivity contribution >= 4 is 10.8 Å². The van der Waals surface area contributed by atoms with Crippen LogP contribution in [0.2, 0.25) is 0 Å². The van der Waals surface area contributed by atoms with Gasteiger partial charge in [-0.1, -0.05) is 44.2 Å². The molecule has 2 aromatic rings. The molecular weight excluding hydrogens is 250 g/mol. The van der Waals surface area contributed by atoms with Gasteiger partial charge in [0.25, 0.3) is 0 Å². The Morgan fingerprint density at radius 1 is 1.15 bits per heavy atom. The number of benzene rings is 2. The van der Waals surface area contributed by atoms with E-state index in [4.69, 9.17) is 4.74 Å². The quantitative estimate of drug-likeness (QED) is 0.814. The van der Waals surface area contributed by atoms with Crippen molar-refractivity contribution in [3.05, 3.63) is 42.0 Å². The van der Waals surface area contributed by atoms with Gasteiger partial charge < -0.3 is 15.2 Å². The van der Waals surface area contributed by atoms with E-state index in [0.29, 0.717) is 13.0 Å². The summed E-state index contributed by atoms with van der Waals surface area (Å²) in [7, 11) is 0. The zero-order chi connectivity index (χ0) is 14.4. The van der Waals surface area contributed by atoms with Crippen molar-refractivity contribution in [2.24, 2.45) is 0 Å². The first-order valence-corrected chi connectivity index (χ1v) is 7.28. The molecule has 0 radical (unpaired) electrons. The number of aliphatic hydroxyl groups is 1. The molecule has 0 spiro atoms. The van der Waals surface area contributed by atoms with Crippen LogP contribution in [0.25, 0.3) is 10.8 Å². The molecule has 108 valence electrons. The number of hydrogen-bond acceptors (Lipinski definition) is 3. The Hall–Kier alpha value is -1.58. The number of ether oxygens (including phenoxy) is 1. The average molecular weight is 273 g/mol. The Kier molecular flexibility index (Phi) is 5.39. The van der Waals surface area contributed by atoms with E-state index in [2.05, 4.69) is 30.4 Å². The van der Waals surface area contributed by atoms with E-state index >= 15 is 0 Å². The van der Waals surface area contributed by atoms with Gasteiger partial charge in [0.15, 0.2) is 0 Å². The number of rotatable bonds is 7. The Labute approximate surface area is 120 Å². The SMILES string of the molecule is CCNCc1c(OCC(O)CC)ccc2ccccc12. The van der Waals surface area contributed by atoms with Gasteiger partial charge in [-0.2, -0.15) is 0 Å². The van der Waals surface area contributed by atoms with Crippen molar-refractivity contribution in [1.29, 1.82) is 0 Å². The van der Waals surface area contributed by atoms with Crippen molar-refractivity contribution in [3.8, 4) is 5.75 Å². The van der Waals surface area contributed by atoms with Gasteiger partial charge in [0.05, 0.1) is 6.10 Å². The second kappa shape index (κ2) is 7.27. The lowest BCUT2D eigenvalue weighted by Crippen LogP contribution is -2.18. The Morgan fingerprint density at radius 2 is 1.95 bits per heavy atom. The standard InChI is InChI=1S/C17H23NO2/c1-3-14(19)12-20-17-10-9-13-7-5-6-8-15(13)16(17)11-18-4-2/h5-10,14,18-19H,3-4,11-12H2,1-2H3. The maximum Gasteiger partial charge on any atom is 0.124 e. The second-order valence-electron chi connectivity index (χ2n) is 4.92. The third kappa shape index (κ3) is 3.50. The molecule has 0 aliphatic rings. The van der Waals surface area contributed by atoms with E-state index in [0.717, 1.165) is 24.4 Å². The van der Waals surface area contributed by atoms with Crippen molar-refractivity contribution in [2.75, 3.05) is 13.2 Å². The zero-order valence-electron chi connectivity index (χ0n) is 12.2. The molecule has 0 aromatic heterocycles. The highest BCUT2D eigenvalue weighted by molar-refractivity contribution is 5.87. The summed E-state index contributed by atoms with van der Waals surface area (Å²) in [5, 5.41) is 15.4. The van der Waals surface area contributed by atoms with Crippen molar-refractivity contribution in [3.63, 3.8) is 0 Å². The van der Waals surface area contributed by atoms with Crippen molar-refractivity contribution in [2.45, 2.75) is 32.9 Å². The molecule has 20 heavy (non-hydrogen) atoms. The van der Waals surface area contributed by atoms with Crippen LogP contribution in [0.1, 0.15) is 25.8 Å². The largest absolute Gasteiger partial charge is 0.491 e. The molecule has 0 aliphatic carbocycles. The summed E-state index contributed by atoms with van der Waals surface area (Å²) in [5.74, 6) is 0.858. The van der Waals surface area contributed by atoms with Crippen LogP contribution in [0.5, 0.6) is 5.75 Å². The summed E-state index contributed by atoms with van der Waals surface area (Å²) in [4.78, 5) is 0. The fourth-order valence-electron chi connectivity index (χ4n) is 2.19. The number of fused-ring (bicyclic) bond motifs is 1. The van der Waals surface area contributed by atoms with Crippen LogP contribution in [0.3, 0.4) is 0 Å². The average Bonchev–Trinajstić information content (AvgIpc) is 2.50. The van der Waals surface area contributed by atoms with Gasteiger partial charge in [0.2, 0.25) is 0 Å². The van der Waals surface area contributed by atoms with Crippen LogP contribution in [-0.4, -0.2) is 24.4 Å². The van der Waals surface area contributed by atoms with E-state index in [1.165, 1.54) is 10.8 Å². The zero-order valence-corrected chi connectivity index (χ0v) is 12.2. The monoisotopic (exact) mass is 273 g/mol. The summed E-state index contributed by atoms with van der Waals surface area (Å²) < 4.78 is 5.80. The Bertz CT molecular complexity index is 554. The fraction of sp³-hybridized carbons (Fsp3) is 0.412. The molecule has 0 bridgehead atoms. The lowest BCUT2D eigenvalue weighted by Gasteiger charge is -2.16. The topological polar surface area (TPSA) is 41.5 Å². The maximum atomic E-state index is 9.66. The molecule has 3 nitrogen and oxygen atoms in total. The minimum Gasteiger partial charge on any atom is -0.491 e. The van der Waals surface area contributed by atoms with Gasteiger partial charge >= 0.3 is 0 Å². The summed E-state index contributed by atoms with van der Waals surface area (Å²) >= 11 is 0. The van der Waals surface area contributed by atoms with E-state index in [-0.39, 0.29) is 0 Å². The number of hydrogen-bond donors (Lipinski definition) is 2. The van der Waals surface area contributed by atoms with Crippen LogP contribution < -0.4 is 10.1 Å². The second-order valence-corrected chi connectivity index (χ2v) is 4.92. The lowest BCUT2D eigenvalue weighted by molar-refractivity contribution is 0.104. The van der Waals surface area contributed by atoms with E-state index in [1.807, 2.05) is 25.1 Å². The molecule has 2 rings (SSSR count). The minimum atomic E-state index is -0.409. The van der Waals surface area contributed by atoms with Gasteiger partial charge in [0.1, 0.15) is 12.4 Å². The molecule has 0 fully saturated rings. The van der Waals surface area contributed by atoms with Gasteiger partial charge in [-0.15, -0.1) is 0 Å². The van der Waals surface area contributed by atoms with Crippen LogP contribution >= 0.6 is 0 Å². The molecule has 0 heterocycles. The molecular formula is C17H23NO2.